The quantitative estimate of drug-likeness (QED) is 0.856. The summed E-state index contributed by atoms with van der Waals surface area (Å²) in [4.78, 5) is 32.7. The van der Waals surface area contributed by atoms with E-state index in [2.05, 4.69) is 42.0 Å². The number of aromatic nitrogens is 2. The fraction of sp³-hybridized carbons (Fsp3) is 0.389. The second-order valence-corrected chi connectivity index (χ2v) is 7.32. The van der Waals surface area contributed by atoms with Crippen LogP contribution in [-0.2, 0) is 21.8 Å². The fourth-order valence-corrected chi connectivity index (χ4v) is 4.13. The van der Waals surface area contributed by atoms with Gasteiger partial charge in [0.15, 0.2) is 6.04 Å². The number of imidazole rings is 1. The van der Waals surface area contributed by atoms with E-state index in [1.165, 1.54) is 39.7 Å². The number of nitrogens with zero attached hydrogens (tertiary/aromatic N) is 2. The minimum Gasteiger partial charge on any atom is -0.479 e. The van der Waals surface area contributed by atoms with Crippen molar-refractivity contribution in [3.63, 3.8) is 0 Å². The van der Waals surface area contributed by atoms with Crippen LogP contribution in [0.15, 0.2) is 24.5 Å². The monoisotopic (exact) mass is 359 g/mol. The van der Waals surface area contributed by atoms with Gasteiger partial charge in [-0.05, 0) is 19.4 Å². The molecule has 0 bridgehead atoms. The number of carbonyl (C=O) groups is 2. The number of carboxylic acid groups (broad SMARTS) is 1. The maximum absolute atomic E-state index is 12.6. The van der Waals surface area contributed by atoms with Crippen LogP contribution in [0.2, 0.25) is 0 Å². The lowest BCUT2D eigenvalue weighted by Crippen LogP contribution is -2.44. The number of aromatic amines is 1. The second-order valence-electron chi connectivity index (χ2n) is 6.33. The first-order valence-electron chi connectivity index (χ1n) is 8.15. The number of aliphatic carboxylic acids is 1. The number of fused-ring (bicyclic) bond motifs is 1. The van der Waals surface area contributed by atoms with Crippen molar-refractivity contribution in [1.29, 1.82) is 0 Å². The molecular formula is C18H21N3O3S. The molecule has 1 aromatic heterocycles. The molecule has 6 nitrogen and oxygen atoms in total. The highest BCUT2D eigenvalue weighted by Crippen LogP contribution is 2.28. The van der Waals surface area contributed by atoms with Crippen LogP contribution in [0, 0.1) is 13.8 Å². The van der Waals surface area contributed by atoms with Crippen LogP contribution < -0.4 is 0 Å². The number of H-pyrrole nitrogens is 1. The number of benzene rings is 1. The third-order valence-electron chi connectivity index (χ3n) is 4.25. The average Bonchev–Trinajstić information content (AvgIpc) is 3.01. The number of hydrogen-bond acceptors (Lipinski definition) is 4. The molecule has 1 amide bonds. The van der Waals surface area contributed by atoms with Crippen LogP contribution in [0.25, 0.3) is 0 Å². The van der Waals surface area contributed by atoms with Crippen LogP contribution in [-0.4, -0.2) is 44.1 Å². The molecule has 0 unspecified atom stereocenters. The predicted molar refractivity (Wildman–Crippen MR) is 96.5 cm³/mol. The fourth-order valence-electron chi connectivity index (χ4n) is 3.29. The van der Waals surface area contributed by atoms with Crippen molar-refractivity contribution in [1.82, 2.24) is 14.9 Å². The largest absolute Gasteiger partial charge is 0.479 e. The molecule has 0 aliphatic carbocycles. The number of aryl methyl sites for hydroxylation is 2. The summed E-state index contributed by atoms with van der Waals surface area (Å²) in [7, 11) is 0. The number of rotatable bonds is 5. The third kappa shape index (κ3) is 3.87. The summed E-state index contributed by atoms with van der Waals surface area (Å²) in [5.74, 6) is -0.208. The maximum atomic E-state index is 12.6. The molecule has 3 rings (SSSR count). The van der Waals surface area contributed by atoms with Gasteiger partial charge in [0.1, 0.15) is 0 Å². The molecule has 7 heteroatoms. The molecule has 1 aliphatic heterocycles. The Hall–Kier alpha value is -2.28. The highest BCUT2D eigenvalue weighted by Gasteiger charge is 2.37. The van der Waals surface area contributed by atoms with Crippen molar-refractivity contribution < 1.29 is 14.7 Å². The molecule has 2 heterocycles. The van der Waals surface area contributed by atoms with Gasteiger partial charge in [0.05, 0.1) is 17.8 Å². The molecule has 25 heavy (non-hydrogen) atoms. The van der Waals surface area contributed by atoms with E-state index in [1.54, 1.807) is 0 Å². The van der Waals surface area contributed by atoms with Crippen LogP contribution in [0.1, 0.15) is 34.1 Å². The lowest BCUT2D eigenvalue weighted by molar-refractivity contribution is -0.150. The first-order valence-corrected chi connectivity index (χ1v) is 9.30. The highest BCUT2D eigenvalue weighted by atomic mass is 32.2. The third-order valence-corrected chi connectivity index (χ3v) is 5.24. The zero-order valence-corrected chi connectivity index (χ0v) is 15.1. The second kappa shape index (κ2) is 7.31. The molecule has 2 N–H and O–H groups in total. The van der Waals surface area contributed by atoms with E-state index in [0.29, 0.717) is 18.7 Å². The van der Waals surface area contributed by atoms with Crippen molar-refractivity contribution in [3.05, 3.63) is 52.6 Å². The molecule has 0 fully saturated rings. The summed E-state index contributed by atoms with van der Waals surface area (Å²) in [6.07, 6.45) is 2.09. The number of carboxylic acids is 1. The Balaban J connectivity index is 1.63. The topological polar surface area (TPSA) is 86.3 Å². The van der Waals surface area contributed by atoms with Crippen molar-refractivity contribution in [2.45, 2.75) is 32.1 Å². The zero-order chi connectivity index (χ0) is 18.0. The van der Waals surface area contributed by atoms with E-state index in [1.807, 2.05) is 0 Å². The number of amides is 1. The Labute approximate surface area is 150 Å². The van der Waals surface area contributed by atoms with Gasteiger partial charge < -0.3 is 15.0 Å². The Morgan fingerprint density at radius 1 is 1.32 bits per heavy atom. The van der Waals surface area contributed by atoms with Gasteiger partial charge in [0, 0.05) is 24.4 Å². The molecule has 0 saturated carbocycles. The minimum absolute atomic E-state index is 0.157. The summed E-state index contributed by atoms with van der Waals surface area (Å²) in [6.45, 7) is 4.51. The van der Waals surface area contributed by atoms with Crippen LogP contribution in [0.4, 0.5) is 0 Å². The zero-order valence-electron chi connectivity index (χ0n) is 14.3. The summed E-state index contributed by atoms with van der Waals surface area (Å²) in [6, 6.07) is 5.35. The average molecular weight is 359 g/mol. The van der Waals surface area contributed by atoms with Crippen molar-refractivity contribution in [2.24, 2.45) is 0 Å². The lowest BCUT2D eigenvalue weighted by atomic mass is 10.0. The number of nitrogens with one attached hydrogen (secondary N) is 1. The van der Waals surface area contributed by atoms with Crippen molar-refractivity contribution >= 4 is 23.6 Å². The smallest absolute Gasteiger partial charge is 0.332 e. The van der Waals surface area contributed by atoms with Gasteiger partial charge in [0.2, 0.25) is 5.91 Å². The van der Waals surface area contributed by atoms with E-state index in [9.17, 15) is 14.7 Å². The summed E-state index contributed by atoms with van der Waals surface area (Å²) in [5.41, 5.74) is 4.84. The molecule has 1 aliphatic rings. The van der Waals surface area contributed by atoms with E-state index < -0.39 is 12.0 Å². The SMILES string of the molecule is Cc1cc(C)cc(CSCC(=O)N2CCc3[nH]cnc3[C@H]2C(=O)O)c1. The summed E-state index contributed by atoms with van der Waals surface area (Å²) < 4.78 is 0. The predicted octanol–water partition coefficient (Wildman–Crippen LogP) is 2.47. The normalized spacial score (nSPS) is 16.6. The van der Waals surface area contributed by atoms with Crippen LogP contribution >= 0.6 is 11.8 Å². The van der Waals surface area contributed by atoms with E-state index in [-0.39, 0.29) is 11.7 Å². The molecule has 2 aromatic rings. The first-order chi connectivity index (χ1) is 12.0. The summed E-state index contributed by atoms with van der Waals surface area (Å²) >= 11 is 1.51. The van der Waals surface area contributed by atoms with Gasteiger partial charge >= 0.3 is 5.97 Å². The molecule has 1 atom stereocenters. The molecule has 1 aromatic carbocycles. The van der Waals surface area contributed by atoms with Gasteiger partial charge in [-0.2, -0.15) is 0 Å². The van der Waals surface area contributed by atoms with Crippen molar-refractivity contribution in [2.75, 3.05) is 12.3 Å². The van der Waals surface area contributed by atoms with Crippen molar-refractivity contribution in [3.8, 4) is 0 Å². The van der Waals surface area contributed by atoms with E-state index in [0.717, 1.165) is 11.4 Å². The first kappa shape index (κ1) is 17.5. The van der Waals surface area contributed by atoms with Gasteiger partial charge in [0.25, 0.3) is 0 Å². The molecular weight excluding hydrogens is 338 g/mol. The Bertz CT molecular complexity index is 782. The summed E-state index contributed by atoms with van der Waals surface area (Å²) in [5, 5.41) is 9.53. The Morgan fingerprint density at radius 3 is 2.72 bits per heavy atom. The van der Waals surface area contributed by atoms with Crippen LogP contribution in [0.5, 0.6) is 0 Å². The lowest BCUT2D eigenvalue weighted by Gasteiger charge is -2.32. The number of carbonyl (C=O) groups excluding carboxylic acids is 1. The minimum atomic E-state index is -1.04. The number of thioether (sulfide) groups is 1. The van der Waals surface area contributed by atoms with E-state index >= 15 is 0 Å². The Kier molecular flexibility index (Phi) is 5.13. The standard InChI is InChI=1S/C18H21N3O3S/c1-11-5-12(2)7-13(6-11)8-25-9-15(22)21-4-3-14-16(20-10-19-14)17(21)18(23)24/h5-7,10,17H,3-4,8-9H2,1-2H3,(H,19,20)(H,23,24)/t17-/m0/s1. The van der Waals surface area contributed by atoms with Gasteiger partial charge in [-0.3, -0.25) is 4.79 Å². The Morgan fingerprint density at radius 2 is 2.04 bits per heavy atom. The van der Waals surface area contributed by atoms with Gasteiger partial charge in [-0.15, -0.1) is 11.8 Å². The van der Waals surface area contributed by atoms with Crippen LogP contribution in [0.3, 0.4) is 0 Å². The highest BCUT2D eigenvalue weighted by molar-refractivity contribution is 7.99. The molecule has 0 radical (unpaired) electrons. The molecule has 0 saturated heterocycles. The number of hydrogen-bond donors (Lipinski definition) is 2. The van der Waals surface area contributed by atoms with Gasteiger partial charge in [-0.25, -0.2) is 9.78 Å². The van der Waals surface area contributed by atoms with E-state index in [4.69, 9.17) is 0 Å². The van der Waals surface area contributed by atoms with Gasteiger partial charge in [-0.1, -0.05) is 29.3 Å². The maximum Gasteiger partial charge on any atom is 0.332 e. The molecule has 0 spiro atoms. The molecule has 132 valence electrons.